The van der Waals surface area contributed by atoms with Crippen molar-refractivity contribution < 1.29 is 0 Å². The molecule has 1 saturated heterocycles. The lowest BCUT2D eigenvalue weighted by molar-refractivity contribution is 0.578. The standard InChI is InChI=1S/C17H22N6S/c1-17(2,3)15-20-21-16(24-15)23-9-5-8-22(10-11-23)14-13(12-18)6-4-7-19-14/h4,6-7H,5,8-11H2,1-3H3. The van der Waals surface area contributed by atoms with E-state index in [1.807, 2.05) is 6.07 Å². The van der Waals surface area contributed by atoms with Gasteiger partial charge in [0.1, 0.15) is 16.9 Å². The first kappa shape index (κ1) is 16.7. The molecule has 0 unspecified atom stereocenters. The Morgan fingerprint density at radius 1 is 1.12 bits per heavy atom. The van der Waals surface area contributed by atoms with Crippen molar-refractivity contribution in [1.29, 1.82) is 5.26 Å². The Bertz CT molecular complexity index is 742. The van der Waals surface area contributed by atoms with E-state index in [1.165, 1.54) is 0 Å². The lowest BCUT2D eigenvalue weighted by Crippen LogP contribution is -2.31. The predicted molar refractivity (Wildman–Crippen MR) is 96.6 cm³/mol. The molecule has 0 spiro atoms. The molecule has 0 saturated carbocycles. The van der Waals surface area contributed by atoms with Crippen LogP contribution in [0.5, 0.6) is 0 Å². The Morgan fingerprint density at radius 3 is 2.58 bits per heavy atom. The molecule has 7 heteroatoms. The molecule has 24 heavy (non-hydrogen) atoms. The molecular formula is C17H22N6S. The molecule has 0 aromatic carbocycles. The van der Waals surface area contributed by atoms with Crippen molar-refractivity contribution in [3.05, 3.63) is 28.9 Å². The fourth-order valence-electron chi connectivity index (χ4n) is 2.70. The van der Waals surface area contributed by atoms with Crippen LogP contribution in [-0.2, 0) is 5.41 Å². The predicted octanol–water partition coefficient (Wildman–Crippen LogP) is 2.82. The fourth-order valence-corrected chi connectivity index (χ4v) is 3.66. The number of anilines is 2. The maximum Gasteiger partial charge on any atom is 0.208 e. The minimum absolute atomic E-state index is 0.0312. The van der Waals surface area contributed by atoms with E-state index in [1.54, 1.807) is 23.6 Å². The zero-order chi connectivity index (χ0) is 17.2. The van der Waals surface area contributed by atoms with Crippen LogP contribution in [0.3, 0.4) is 0 Å². The molecule has 0 atom stereocenters. The van der Waals surface area contributed by atoms with Crippen molar-refractivity contribution in [2.75, 3.05) is 36.0 Å². The second kappa shape index (κ2) is 6.73. The monoisotopic (exact) mass is 342 g/mol. The van der Waals surface area contributed by atoms with Crippen molar-refractivity contribution in [2.24, 2.45) is 0 Å². The summed E-state index contributed by atoms with van der Waals surface area (Å²) in [6, 6.07) is 5.87. The highest BCUT2D eigenvalue weighted by Crippen LogP contribution is 2.30. The summed E-state index contributed by atoms with van der Waals surface area (Å²) in [6.07, 6.45) is 2.76. The molecule has 0 aliphatic carbocycles. The van der Waals surface area contributed by atoms with Gasteiger partial charge in [0.25, 0.3) is 0 Å². The molecule has 126 valence electrons. The van der Waals surface area contributed by atoms with E-state index in [-0.39, 0.29) is 5.41 Å². The Kier molecular flexibility index (Phi) is 4.67. The highest BCUT2D eigenvalue weighted by Gasteiger charge is 2.24. The van der Waals surface area contributed by atoms with Gasteiger partial charge in [0.2, 0.25) is 5.13 Å². The molecule has 1 fully saturated rings. The minimum Gasteiger partial charge on any atom is -0.354 e. The van der Waals surface area contributed by atoms with Gasteiger partial charge in [-0.1, -0.05) is 32.1 Å². The van der Waals surface area contributed by atoms with E-state index in [9.17, 15) is 5.26 Å². The van der Waals surface area contributed by atoms with E-state index in [0.717, 1.165) is 48.6 Å². The van der Waals surface area contributed by atoms with Gasteiger partial charge < -0.3 is 9.80 Å². The maximum atomic E-state index is 9.28. The smallest absolute Gasteiger partial charge is 0.208 e. The number of nitriles is 1. The van der Waals surface area contributed by atoms with Gasteiger partial charge >= 0.3 is 0 Å². The van der Waals surface area contributed by atoms with Gasteiger partial charge in [-0.3, -0.25) is 0 Å². The Morgan fingerprint density at radius 2 is 1.88 bits per heavy atom. The number of hydrogen-bond donors (Lipinski definition) is 0. The average molecular weight is 342 g/mol. The zero-order valence-electron chi connectivity index (χ0n) is 14.4. The molecule has 3 rings (SSSR count). The van der Waals surface area contributed by atoms with Crippen LogP contribution >= 0.6 is 11.3 Å². The summed E-state index contributed by atoms with van der Waals surface area (Å²) in [5.74, 6) is 0.787. The van der Waals surface area contributed by atoms with Crippen molar-refractivity contribution in [2.45, 2.75) is 32.6 Å². The molecule has 0 N–H and O–H groups in total. The second-order valence-electron chi connectivity index (χ2n) is 6.95. The number of hydrogen-bond acceptors (Lipinski definition) is 7. The van der Waals surface area contributed by atoms with Crippen LogP contribution in [0.25, 0.3) is 0 Å². The number of pyridine rings is 1. The topological polar surface area (TPSA) is 68.9 Å². The van der Waals surface area contributed by atoms with Crippen LogP contribution in [0, 0.1) is 11.3 Å². The summed E-state index contributed by atoms with van der Waals surface area (Å²) in [4.78, 5) is 8.90. The summed E-state index contributed by atoms with van der Waals surface area (Å²) >= 11 is 1.68. The normalized spacial score (nSPS) is 15.9. The van der Waals surface area contributed by atoms with E-state index in [2.05, 4.69) is 51.8 Å². The average Bonchev–Trinajstić information content (AvgIpc) is 2.94. The van der Waals surface area contributed by atoms with E-state index in [0.29, 0.717) is 5.56 Å². The van der Waals surface area contributed by atoms with Gasteiger partial charge in [0.15, 0.2) is 0 Å². The Hall–Kier alpha value is -2.20. The number of rotatable bonds is 2. The summed E-state index contributed by atoms with van der Waals surface area (Å²) in [6.45, 7) is 10.0. The summed E-state index contributed by atoms with van der Waals surface area (Å²) in [5.41, 5.74) is 0.667. The van der Waals surface area contributed by atoms with Gasteiger partial charge in [0.05, 0.1) is 5.56 Å². The second-order valence-corrected chi connectivity index (χ2v) is 7.91. The third-order valence-electron chi connectivity index (χ3n) is 4.03. The van der Waals surface area contributed by atoms with E-state index < -0.39 is 0 Å². The van der Waals surface area contributed by atoms with Gasteiger partial charge in [0, 0.05) is 37.8 Å². The van der Waals surface area contributed by atoms with Gasteiger partial charge in [-0.15, -0.1) is 10.2 Å². The third-order valence-corrected chi connectivity index (χ3v) is 5.44. The van der Waals surface area contributed by atoms with Crippen LogP contribution in [0.4, 0.5) is 10.9 Å². The largest absolute Gasteiger partial charge is 0.354 e. The van der Waals surface area contributed by atoms with E-state index in [4.69, 9.17) is 0 Å². The van der Waals surface area contributed by atoms with Crippen LogP contribution in [0.15, 0.2) is 18.3 Å². The summed E-state index contributed by atoms with van der Waals surface area (Å²) < 4.78 is 0. The third kappa shape index (κ3) is 3.49. The molecule has 2 aromatic rings. The minimum atomic E-state index is 0.0312. The molecular weight excluding hydrogens is 320 g/mol. The maximum absolute atomic E-state index is 9.28. The van der Waals surface area contributed by atoms with Crippen LogP contribution in [-0.4, -0.2) is 41.4 Å². The summed E-state index contributed by atoms with van der Waals surface area (Å²) in [7, 11) is 0. The van der Waals surface area contributed by atoms with Crippen LogP contribution in [0.2, 0.25) is 0 Å². The van der Waals surface area contributed by atoms with Gasteiger partial charge in [-0.25, -0.2) is 4.98 Å². The molecule has 3 heterocycles. The summed E-state index contributed by atoms with van der Waals surface area (Å²) in [5, 5.41) is 20.1. The van der Waals surface area contributed by atoms with Gasteiger partial charge in [-0.05, 0) is 18.6 Å². The van der Waals surface area contributed by atoms with Crippen molar-refractivity contribution >= 4 is 22.3 Å². The molecule has 0 radical (unpaired) electrons. The van der Waals surface area contributed by atoms with Crippen molar-refractivity contribution in [3.63, 3.8) is 0 Å². The molecule has 6 nitrogen and oxygen atoms in total. The van der Waals surface area contributed by atoms with Gasteiger partial charge in [-0.2, -0.15) is 5.26 Å². The molecule has 0 bridgehead atoms. The number of nitrogens with zero attached hydrogens (tertiary/aromatic N) is 6. The fraction of sp³-hybridized carbons (Fsp3) is 0.529. The van der Waals surface area contributed by atoms with E-state index >= 15 is 0 Å². The number of aromatic nitrogens is 3. The molecule has 2 aromatic heterocycles. The Labute approximate surface area is 146 Å². The first-order valence-electron chi connectivity index (χ1n) is 8.18. The highest BCUT2D eigenvalue weighted by atomic mass is 32.1. The van der Waals surface area contributed by atoms with Crippen LogP contribution < -0.4 is 9.80 Å². The van der Waals surface area contributed by atoms with Crippen molar-refractivity contribution in [1.82, 2.24) is 15.2 Å². The first-order chi connectivity index (χ1) is 11.5. The lowest BCUT2D eigenvalue weighted by Gasteiger charge is -2.23. The quantitative estimate of drug-likeness (QED) is 0.836. The molecule has 1 aliphatic rings. The first-order valence-corrected chi connectivity index (χ1v) is 8.99. The molecule has 0 amide bonds. The SMILES string of the molecule is CC(C)(C)c1nnc(N2CCCN(c3ncccc3C#N)CC2)s1. The van der Waals surface area contributed by atoms with Crippen molar-refractivity contribution in [3.8, 4) is 6.07 Å². The van der Waals surface area contributed by atoms with Crippen LogP contribution in [0.1, 0.15) is 37.8 Å². The lowest BCUT2D eigenvalue weighted by atomic mass is 9.98. The molecule has 1 aliphatic heterocycles. The Balaban J connectivity index is 1.74. The zero-order valence-corrected chi connectivity index (χ0v) is 15.2. The highest BCUT2D eigenvalue weighted by molar-refractivity contribution is 7.15.